The first-order chi connectivity index (χ1) is 11.2. The molecule has 0 aliphatic carbocycles. The van der Waals surface area contributed by atoms with Crippen LogP contribution in [0.25, 0.3) is 0 Å². The summed E-state index contributed by atoms with van der Waals surface area (Å²) in [5.74, 6) is 1.89. The minimum Gasteiger partial charge on any atom is -0.542 e. The predicted molar refractivity (Wildman–Crippen MR) is 99.4 cm³/mol. The molecule has 0 saturated heterocycles. The van der Waals surface area contributed by atoms with E-state index in [2.05, 4.69) is 27.7 Å². The Kier molecular flexibility index (Phi) is 23.0. The SMILES string of the molecule is COCC(C)CC(C)C(C)C.COCC(C)CC([C-]=O)C(C)[C-]=O.[Y]. The average Bonchev–Trinajstić information content (AvgIpc) is 2.52. The van der Waals surface area contributed by atoms with Gasteiger partial charge in [0.1, 0.15) is 0 Å². The van der Waals surface area contributed by atoms with Crippen LogP contribution in [0.1, 0.15) is 54.4 Å². The van der Waals surface area contributed by atoms with Gasteiger partial charge in [-0.15, -0.1) is 0 Å². The topological polar surface area (TPSA) is 52.6 Å². The van der Waals surface area contributed by atoms with Crippen LogP contribution in [0.3, 0.4) is 0 Å². The fraction of sp³-hybridized carbons (Fsp3) is 0.900. The molecule has 0 aromatic heterocycles. The van der Waals surface area contributed by atoms with Crippen LogP contribution >= 0.6 is 0 Å². The Bertz CT molecular complexity index is 310. The summed E-state index contributed by atoms with van der Waals surface area (Å²) < 4.78 is 10.0. The van der Waals surface area contributed by atoms with E-state index >= 15 is 0 Å². The van der Waals surface area contributed by atoms with Crippen LogP contribution in [-0.4, -0.2) is 40.0 Å². The van der Waals surface area contributed by atoms with Crippen LogP contribution in [-0.2, 0) is 51.8 Å². The van der Waals surface area contributed by atoms with Crippen LogP contribution in [0.2, 0.25) is 0 Å². The third-order valence-corrected chi connectivity index (χ3v) is 4.41. The molecular weight excluding hydrogens is 393 g/mol. The Labute approximate surface area is 181 Å². The standard InChI is InChI=1S/C10H16O3.C10H22O.Y/c1-8(7-13-3)4-10(6-12)9(2)5-11;1-8(2)10(4)6-9(3)7-11-5;/h8-10H,4,7H2,1-3H3;8-10H,6-7H2,1-5H3;/q-2;;. The number of hydrogen-bond donors (Lipinski definition) is 0. The van der Waals surface area contributed by atoms with E-state index in [1.54, 1.807) is 21.1 Å². The average molecular weight is 431 g/mol. The smallest absolute Gasteiger partial charge is 0.0487 e. The molecule has 0 aromatic rings. The summed E-state index contributed by atoms with van der Waals surface area (Å²) in [6.07, 6.45) is 5.60. The number of rotatable bonds is 12. The monoisotopic (exact) mass is 431 g/mol. The summed E-state index contributed by atoms with van der Waals surface area (Å²) in [6.45, 7) is 14.3. The zero-order chi connectivity index (χ0) is 19.1. The molecule has 0 aromatic carbocycles. The van der Waals surface area contributed by atoms with Crippen LogP contribution in [0, 0.1) is 35.5 Å². The van der Waals surface area contributed by atoms with Crippen molar-refractivity contribution in [1.29, 1.82) is 0 Å². The van der Waals surface area contributed by atoms with Gasteiger partial charge in [0, 0.05) is 60.1 Å². The van der Waals surface area contributed by atoms with Gasteiger partial charge in [-0.3, -0.25) is 12.6 Å². The summed E-state index contributed by atoms with van der Waals surface area (Å²) in [4.78, 5) is 20.8. The van der Waals surface area contributed by atoms with Crippen LogP contribution in [0.5, 0.6) is 0 Å². The first-order valence-electron chi connectivity index (χ1n) is 8.96. The second-order valence-electron chi connectivity index (χ2n) is 7.44. The van der Waals surface area contributed by atoms with Gasteiger partial charge in [-0.2, -0.15) is 11.8 Å². The van der Waals surface area contributed by atoms with E-state index in [1.165, 1.54) is 6.42 Å². The van der Waals surface area contributed by atoms with Gasteiger partial charge in [-0.1, -0.05) is 48.0 Å². The molecule has 0 N–H and O–H groups in total. The maximum absolute atomic E-state index is 10.5. The van der Waals surface area contributed by atoms with Crippen molar-refractivity contribution in [2.24, 2.45) is 35.5 Å². The Morgan fingerprint density at radius 3 is 1.52 bits per heavy atom. The molecule has 0 aliphatic heterocycles. The van der Waals surface area contributed by atoms with Crippen molar-refractivity contribution in [2.75, 3.05) is 27.4 Å². The van der Waals surface area contributed by atoms with Gasteiger partial charge < -0.3 is 19.1 Å². The maximum atomic E-state index is 10.5. The fourth-order valence-electron chi connectivity index (χ4n) is 2.48. The van der Waals surface area contributed by atoms with E-state index in [0.717, 1.165) is 18.4 Å². The molecule has 5 unspecified atom stereocenters. The summed E-state index contributed by atoms with van der Waals surface area (Å²) in [5, 5.41) is 0. The van der Waals surface area contributed by atoms with Crippen molar-refractivity contribution < 1.29 is 51.8 Å². The van der Waals surface area contributed by atoms with Crippen molar-refractivity contribution in [3.05, 3.63) is 0 Å². The minimum atomic E-state index is -0.364. The van der Waals surface area contributed by atoms with Crippen molar-refractivity contribution >= 4 is 12.6 Å². The molecule has 0 bridgehead atoms. The number of ether oxygens (including phenoxy) is 2. The summed E-state index contributed by atoms with van der Waals surface area (Å²) in [7, 11) is 3.39. The summed E-state index contributed by atoms with van der Waals surface area (Å²) in [6, 6.07) is 0. The van der Waals surface area contributed by atoms with E-state index in [4.69, 9.17) is 9.47 Å². The number of hydrogen-bond acceptors (Lipinski definition) is 4. The predicted octanol–water partition coefficient (Wildman–Crippen LogP) is 4.08. The van der Waals surface area contributed by atoms with Gasteiger partial charge in [-0.05, 0) is 30.1 Å². The van der Waals surface area contributed by atoms with E-state index in [9.17, 15) is 9.59 Å². The van der Waals surface area contributed by atoms with Gasteiger partial charge in [0.2, 0.25) is 0 Å². The number of carbonyl (C=O) groups excluding carboxylic acids is 2. The molecular formula is C20H38O4Y-2. The summed E-state index contributed by atoms with van der Waals surface area (Å²) >= 11 is 0. The normalized spacial score (nSPS) is 16.5. The third-order valence-electron chi connectivity index (χ3n) is 4.41. The van der Waals surface area contributed by atoms with Crippen molar-refractivity contribution in [3.8, 4) is 0 Å². The molecule has 1 radical (unpaired) electrons. The van der Waals surface area contributed by atoms with E-state index in [-0.39, 0.29) is 50.5 Å². The third kappa shape index (κ3) is 17.5. The van der Waals surface area contributed by atoms with Crippen molar-refractivity contribution in [1.82, 2.24) is 0 Å². The van der Waals surface area contributed by atoms with E-state index in [1.807, 2.05) is 19.5 Å². The van der Waals surface area contributed by atoms with E-state index < -0.39 is 0 Å². The van der Waals surface area contributed by atoms with Gasteiger partial charge in [0.25, 0.3) is 0 Å². The first kappa shape index (κ1) is 30.1. The Morgan fingerprint density at radius 1 is 0.760 bits per heavy atom. The zero-order valence-corrected chi connectivity index (χ0v) is 20.3. The van der Waals surface area contributed by atoms with Crippen LogP contribution < -0.4 is 0 Å². The molecule has 5 atom stereocenters. The molecule has 0 rings (SSSR count). The molecule has 5 heteroatoms. The largest absolute Gasteiger partial charge is 0.542 e. The molecule has 147 valence electrons. The van der Waals surface area contributed by atoms with Gasteiger partial charge in [0.05, 0.1) is 0 Å². The molecule has 0 aliphatic rings. The molecule has 0 saturated carbocycles. The Hall–Kier alpha value is 0.364. The van der Waals surface area contributed by atoms with E-state index in [0.29, 0.717) is 18.9 Å². The summed E-state index contributed by atoms with van der Waals surface area (Å²) in [5.41, 5.74) is 0. The molecule has 4 nitrogen and oxygen atoms in total. The second-order valence-corrected chi connectivity index (χ2v) is 7.44. The second kappa shape index (κ2) is 19.1. The quantitative estimate of drug-likeness (QED) is 0.437. The van der Waals surface area contributed by atoms with Crippen LogP contribution in [0.15, 0.2) is 0 Å². The fourth-order valence-corrected chi connectivity index (χ4v) is 2.48. The van der Waals surface area contributed by atoms with Gasteiger partial charge in [-0.25, -0.2) is 0 Å². The van der Waals surface area contributed by atoms with Crippen molar-refractivity contribution in [3.63, 3.8) is 0 Å². The zero-order valence-electron chi connectivity index (χ0n) is 17.5. The van der Waals surface area contributed by atoms with Gasteiger partial charge >= 0.3 is 0 Å². The molecule has 0 fully saturated rings. The molecule has 25 heavy (non-hydrogen) atoms. The Morgan fingerprint density at radius 2 is 1.20 bits per heavy atom. The van der Waals surface area contributed by atoms with Crippen molar-refractivity contribution in [2.45, 2.75) is 54.4 Å². The van der Waals surface area contributed by atoms with Crippen LogP contribution in [0.4, 0.5) is 0 Å². The molecule has 0 heterocycles. The minimum absolute atomic E-state index is 0. The maximum Gasteiger partial charge on any atom is 0.0487 e. The molecule has 0 amide bonds. The first-order valence-corrected chi connectivity index (χ1v) is 8.96. The molecule has 0 spiro atoms. The van der Waals surface area contributed by atoms with Gasteiger partial charge in [0.15, 0.2) is 0 Å². The Balaban J connectivity index is -0.000000377. The number of methoxy groups -OCH3 is 2.